The number of aromatic nitrogens is 1. The van der Waals surface area contributed by atoms with Crippen LogP contribution in [0.3, 0.4) is 0 Å². The summed E-state index contributed by atoms with van der Waals surface area (Å²) < 4.78 is 1.10. The Morgan fingerprint density at radius 3 is 2.87 bits per heavy atom. The molecule has 0 aromatic carbocycles. The third-order valence-electron chi connectivity index (χ3n) is 2.61. The molecule has 0 bridgehead atoms. The maximum absolute atomic E-state index is 4.36. The molecule has 82 valence electrons. The zero-order valence-electron chi connectivity index (χ0n) is 9.15. The lowest BCUT2D eigenvalue weighted by atomic mass is 10.00. The van der Waals surface area contributed by atoms with E-state index in [4.69, 9.17) is 0 Å². The number of halogens is 1. The van der Waals surface area contributed by atoms with Crippen molar-refractivity contribution in [3.63, 3.8) is 0 Å². The third kappa shape index (κ3) is 2.69. The molecule has 1 fully saturated rings. The average molecular weight is 270 g/mol. The number of anilines is 1. The highest BCUT2D eigenvalue weighted by atomic mass is 79.9. The van der Waals surface area contributed by atoms with E-state index >= 15 is 0 Å². The molecule has 0 radical (unpaired) electrons. The van der Waals surface area contributed by atoms with Gasteiger partial charge in [0.25, 0.3) is 0 Å². The Morgan fingerprint density at radius 2 is 2.27 bits per heavy atom. The lowest BCUT2D eigenvalue weighted by Crippen LogP contribution is -2.50. The van der Waals surface area contributed by atoms with Gasteiger partial charge in [0.15, 0.2) is 0 Å². The van der Waals surface area contributed by atoms with Crippen molar-refractivity contribution in [1.29, 1.82) is 0 Å². The summed E-state index contributed by atoms with van der Waals surface area (Å²) in [5.74, 6) is 1.88. The Labute approximate surface area is 99.2 Å². The zero-order valence-corrected chi connectivity index (χ0v) is 10.7. The predicted octanol–water partition coefficient (Wildman–Crippen LogP) is 1.84. The number of nitrogens with zero attached hydrogens (tertiary/aromatic N) is 3. The van der Waals surface area contributed by atoms with E-state index in [2.05, 4.69) is 50.9 Å². The van der Waals surface area contributed by atoms with Gasteiger partial charge < -0.3 is 9.80 Å². The maximum Gasteiger partial charge on any atom is 0.129 e. The fourth-order valence-electron chi connectivity index (χ4n) is 1.96. The second-order valence-corrected chi connectivity index (χ2v) is 5.28. The van der Waals surface area contributed by atoms with Gasteiger partial charge in [-0.25, -0.2) is 4.98 Å². The van der Waals surface area contributed by atoms with Crippen LogP contribution in [0.4, 0.5) is 5.82 Å². The first-order chi connectivity index (χ1) is 7.15. The van der Waals surface area contributed by atoms with Crippen LogP contribution in [0.2, 0.25) is 0 Å². The molecule has 0 unspecified atom stereocenters. The zero-order chi connectivity index (χ0) is 10.8. The van der Waals surface area contributed by atoms with E-state index in [-0.39, 0.29) is 0 Å². The monoisotopic (exact) mass is 269 g/mol. The van der Waals surface area contributed by atoms with Crippen LogP contribution in [-0.2, 0) is 0 Å². The summed E-state index contributed by atoms with van der Waals surface area (Å²) in [7, 11) is 4.25. The van der Waals surface area contributed by atoms with Gasteiger partial charge in [0, 0.05) is 36.2 Å². The van der Waals surface area contributed by atoms with Crippen LogP contribution in [0.5, 0.6) is 0 Å². The second kappa shape index (κ2) is 4.49. The lowest BCUT2D eigenvalue weighted by molar-refractivity contribution is 0.282. The molecule has 4 heteroatoms. The number of hydrogen-bond acceptors (Lipinski definition) is 3. The first-order valence-electron chi connectivity index (χ1n) is 5.16. The summed E-state index contributed by atoms with van der Waals surface area (Å²) >= 11 is 3.46. The summed E-state index contributed by atoms with van der Waals surface area (Å²) in [6.07, 6.45) is 1.85. The molecule has 0 N–H and O–H groups in total. The van der Waals surface area contributed by atoms with Crippen molar-refractivity contribution in [2.24, 2.45) is 5.92 Å². The summed E-state index contributed by atoms with van der Waals surface area (Å²) in [6.45, 7) is 3.42. The highest BCUT2D eigenvalue weighted by Gasteiger charge is 2.27. The molecule has 1 saturated heterocycles. The van der Waals surface area contributed by atoms with Crippen LogP contribution < -0.4 is 4.90 Å². The average Bonchev–Trinajstić information content (AvgIpc) is 2.10. The molecule has 2 heterocycles. The molecule has 0 aliphatic carbocycles. The van der Waals surface area contributed by atoms with Gasteiger partial charge in [0.05, 0.1) is 0 Å². The van der Waals surface area contributed by atoms with Crippen LogP contribution in [-0.4, -0.2) is 43.6 Å². The minimum absolute atomic E-state index is 0.792. The first kappa shape index (κ1) is 10.9. The summed E-state index contributed by atoms with van der Waals surface area (Å²) in [5, 5.41) is 0. The molecule has 0 amide bonds. The second-order valence-electron chi connectivity index (χ2n) is 4.37. The molecule has 15 heavy (non-hydrogen) atoms. The fourth-order valence-corrected chi connectivity index (χ4v) is 2.28. The molecule has 1 aromatic heterocycles. The van der Waals surface area contributed by atoms with Gasteiger partial charge in [-0.3, -0.25) is 0 Å². The van der Waals surface area contributed by atoms with Crippen molar-refractivity contribution < 1.29 is 0 Å². The standard InChI is InChI=1S/C11H16BrN3/c1-14(2)6-9-7-15(8-9)11-5-10(12)3-4-13-11/h3-5,9H,6-8H2,1-2H3. The first-order valence-corrected chi connectivity index (χ1v) is 5.95. The molecule has 2 rings (SSSR count). The minimum atomic E-state index is 0.792. The van der Waals surface area contributed by atoms with Gasteiger partial charge in [-0.1, -0.05) is 15.9 Å². The SMILES string of the molecule is CN(C)CC1CN(c2cc(Br)ccn2)C1. The molecule has 0 spiro atoms. The summed E-state index contributed by atoms with van der Waals surface area (Å²) in [4.78, 5) is 8.92. The summed E-state index contributed by atoms with van der Waals surface area (Å²) in [6, 6.07) is 4.03. The van der Waals surface area contributed by atoms with Crippen molar-refractivity contribution in [3.05, 3.63) is 22.8 Å². The molecule has 1 aromatic rings. The highest BCUT2D eigenvalue weighted by molar-refractivity contribution is 9.10. The Balaban J connectivity index is 1.89. The topological polar surface area (TPSA) is 19.4 Å². The smallest absolute Gasteiger partial charge is 0.129 e. The Bertz CT molecular complexity index is 334. The quantitative estimate of drug-likeness (QED) is 0.835. The van der Waals surface area contributed by atoms with E-state index in [0.29, 0.717) is 0 Å². The van der Waals surface area contributed by atoms with Gasteiger partial charge in [-0.05, 0) is 26.2 Å². The molecule has 0 atom stereocenters. The van der Waals surface area contributed by atoms with Crippen LogP contribution in [0, 0.1) is 5.92 Å². The molecular weight excluding hydrogens is 254 g/mol. The normalized spacial score (nSPS) is 16.9. The maximum atomic E-state index is 4.36. The molecule has 1 aliphatic rings. The highest BCUT2D eigenvalue weighted by Crippen LogP contribution is 2.24. The van der Waals surface area contributed by atoms with E-state index in [1.54, 1.807) is 0 Å². The number of pyridine rings is 1. The van der Waals surface area contributed by atoms with Gasteiger partial charge in [0.1, 0.15) is 5.82 Å². The Hall–Kier alpha value is -0.610. The fraction of sp³-hybridized carbons (Fsp3) is 0.545. The van der Waals surface area contributed by atoms with Crippen LogP contribution >= 0.6 is 15.9 Å². The van der Waals surface area contributed by atoms with Crippen molar-refractivity contribution in [2.75, 3.05) is 38.6 Å². The van der Waals surface area contributed by atoms with Crippen molar-refractivity contribution in [1.82, 2.24) is 9.88 Å². The Kier molecular flexibility index (Phi) is 3.26. The van der Waals surface area contributed by atoms with Crippen molar-refractivity contribution in [3.8, 4) is 0 Å². The van der Waals surface area contributed by atoms with Gasteiger partial charge in [0.2, 0.25) is 0 Å². The molecule has 1 aliphatic heterocycles. The van der Waals surface area contributed by atoms with E-state index < -0.39 is 0 Å². The number of hydrogen-bond donors (Lipinski definition) is 0. The van der Waals surface area contributed by atoms with Gasteiger partial charge >= 0.3 is 0 Å². The predicted molar refractivity (Wildman–Crippen MR) is 66.2 cm³/mol. The van der Waals surface area contributed by atoms with E-state index in [0.717, 1.165) is 29.3 Å². The molecule has 3 nitrogen and oxygen atoms in total. The minimum Gasteiger partial charge on any atom is -0.356 e. The molecule has 0 saturated carbocycles. The van der Waals surface area contributed by atoms with Crippen molar-refractivity contribution >= 4 is 21.7 Å². The van der Waals surface area contributed by atoms with E-state index in [1.165, 1.54) is 6.54 Å². The van der Waals surface area contributed by atoms with Crippen LogP contribution in [0.25, 0.3) is 0 Å². The van der Waals surface area contributed by atoms with Crippen molar-refractivity contribution in [2.45, 2.75) is 0 Å². The van der Waals surface area contributed by atoms with Gasteiger partial charge in [-0.2, -0.15) is 0 Å². The van der Waals surface area contributed by atoms with Crippen LogP contribution in [0.15, 0.2) is 22.8 Å². The van der Waals surface area contributed by atoms with E-state index in [1.807, 2.05) is 12.3 Å². The summed E-state index contributed by atoms with van der Waals surface area (Å²) in [5.41, 5.74) is 0. The van der Waals surface area contributed by atoms with Crippen LogP contribution in [0.1, 0.15) is 0 Å². The lowest BCUT2D eigenvalue weighted by Gasteiger charge is -2.41. The number of rotatable bonds is 3. The largest absolute Gasteiger partial charge is 0.356 e. The third-order valence-corrected chi connectivity index (χ3v) is 3.11. The Morgan fingerprint density at radius 1 is 1.53 bits per heavy atom. The van der Waals surface area contributed by atoms with E-state index in [9.17, 15) is 0 Å². The van der Waals surface area contributed by atoms with Gasteiger partial charge in [-0.15, -0.1) is 0 Å². The molecular formula is C11H16BrN3.